The zero-order valence-electron chi connectivity index (χ0n) is 13.8. The topological polar surface area (TPSA) is 67.4 Å². The number of rotatable bonds is 5. The molecule has 0 heterocycles. The molecule has 2 aromatic rings. The molecule has 2 N–H and O–H groups in total. The Morgan fingerprint density at radius 1 is 1.12 bits per heavy atom. The molecule has 0 aliphatic carbocycles. The number of amides is 1. The summed E-state index contributed by atoms with van der Waals surface area (Å²) >= 11 is 17.0. The van der Waals surface area contributed by atoms with E-state index in [1.807, 2.05) is 24.3 Å². The van der Waals surface area contributed by atoms with Gasteiger partial charge in [0.05, 0.1) is 17.2 Å². The van der Waals surface area contributed by atoms with Crippen LogP contribution in [0.2, 0.25) is 10.0 Å². The van der Waals surface area contributed by atoms with E-state index in [-0.39, 0.29) is 21.7 Å². The Bertz CT molecular complexity index is 826. The number of esters is 1. The lowest BCUT2D eigenvalue weighted by molar-refractivity contribution is -0.140. The van der Waals surface area contributed by atoms with E-state index in [1.54, 1.807) is 6.07 Å². The molecule has 0 aromatic heterocycles. The fraction of sp³-hybridized carbons (Fsp3) is 0.167. The second-order valence-electron chi connectivity index (χ2n) is 5.32. The van der Waals surface area contributed by atoms with Gasteiger partial charge in [-0.3, -0.25) is 14.9 Å². The molecule has 0 unspecified atom stereocenters. The van der Waals surface area contributed by atoms with Crippen molar-refractivity contribution in [2.45, 2.75) is 13.3 Å². The molecule has 0 aliphatic rings. The highest BCUT2D eigenvalue weighted by atomic mass is 35.5. The number of thiocarbonyl (C=S) groups is 1. The fourth-order valence-electron chi connectivity index (χ4n) is 2.07. The van der Waals surface area contributed by atoms with Gasteiger partial charge in [0, 0.05) is 24.1 Å². The van der Waals surface area contributed by atoms with Crippen LogP contribution in [-0.2, 0) is 16.0 Å². The molecule has 26 heavy (non-hydrogen) atoms. The van der Waals surface area contributed by atoms with Crippen LogP contribution in [-0.4, -0.2) is 23.6 Å². The van der Waals surface area contributed by atoms with E-state index >= 15 is 0 Å². The molecule has 0 spiro atoms. The zero-order chi connectivity index (χ0) is 19.1. The first-order valence-corrected chi connectivity index (χ1v) is 8.81. The van der Waals surface area contributed by atoms with Crippen LogP contribution in [0.1, 0.15) is 22.8 Å². The molecule has 2 aromatic carbocycles. The molecule has 0 saturated heterocycles. The maximum Gasteiger partial charge on any atom is 0.302 e. The highest BCUT2D eigenvalue weighted by Gasteiger charge is 2.12. The van der Waals surface area contributed by atoms with Crippen molar-refractivity contribution in [3.8, 4) is 0 Å². The molecule has 8 heteroatoms. The van der Waals surface area contributed by atoms with Crippen LogP contribution in [0.25, 0.3) is 0 Å². The van der Waals surface area contributed by atoms with Gasteiger partial charge in [-0.2, -0.15) is 0 Å². The average molecular weight is 411 g/mol. The Hall–Kier alpha value is -2.15. The molecule has 0 fully saturated rings. The molecule has 0 saturated carbocycles. The first-order chi connectivity index (χ1) is 12.3. The van der Waals surface area contributed by atoms with Crippen LogP contribution in [0.4, 0.5) is 5.69 Å². The predicted molar refractivity (Wildman–Crippen MR) is 107 cm³/mol. The van der Waals surface area contributed by atoms with E-state index < -0.39 is 5.91 Å². The van der Waals surface area contributed by atoms with Gasteiger partial charge >= 0.3 is 5.97 Å². The Morgan fingerprint density at radius 3 is 2.42 bits per heavy atom. The van der Waals surface area contributed by atoms with Gasteiger partial charge in [0.25, 0.3) is 5.91 Å². The van der Waals surface area contributed by atoms with Crippen molar-refractivity contribution in [1.82, 2.24) is 5.32 Å². The molecule has 2 rings (SSSR count). The summed E-state index contributed by atoms with van der Waals surface area (Å²) in [4.78, 5) is 22.9. The summed E-state index contributed by atoms with van der Waals surface area (Å²) in [5, 5.41) is 6.32. The highest BCUT2D eigenvalue weighted by Crippen LogP contribution is 2.20. The SMILES string of the molecule is CC(=O)OCCc1ccc(NC(=S)NC(=O)c2ccc(Cl)cc2Cl)cc1. The third kappa shape index (κ3) is 6.29. The van der Waals surface area contributed by atoms with Gasteiger partial charge in [-0.05, 0) is 48.1 Å². The summed E-state index contributed by atoms with van der Waals surface area (Å²) < 4.78 is 4.90. The Morgan fingerprint density at radius 2 is 1.81 bits per heavy atom. The molecule has 5 nitrogen and oxygen atoms in total. The summed E-state index contributed by atoms with van der Waals surface area (Å²) in [6.45, 7) is 1.71. The van der Waals surface area contributed by atoms with Gasteiger partial charge in [0.15, 0.2) is 5.11 Å². The summed E-state index contributed by atoms with van der Waals surface area (Å²) in [6, 6.07) is 12.0. The van der Waals surface area contributed by atoms with Gasteiger partial charge in [-0.1, -0.05) is 35.3 Å². The van der Waals surface area contributed by atoms with Crippen LogP contribution < -0.4 is 10.6 Å². The minimum absolute atomic E-state index is 0.147. The van der Waals surface area contributed by atoms with Gasteiger partial charge in [0.2, 0.25) is 0 Å². The number of benzene rings is 2. The number of hydrogen-bond acceptors (Lipinski definition) is 4. The third-order valence-corrected chi connectivity index (χ3v) is 4.06. The second kappa shape index (κ2) is 9.52. The van der Waals surface area contributed by atoms with E-state index in [4.69, 9.17) is 40.2 Å². The minimum Gasteiger partial charge on any atom is -0.466 e. The number of halogens is 2. The van der Waals surface area contributed by atoms with Crippen LogP contribution in [0.15, 0.2) is 42.5 Å². The smallest absolute Gasteiger partial charge is 0.302 e. The maximum atomic E-state index is 12.2. The fourth-order valence-corrected chi connectivity index (χ4v) is 2.78. The number of hydrogen-bond donors (Lipinski definition) is 2. The Labute approximate surface area is 166 Å². The summed E-state index contributed by atoms with van der Waals surface area (Å²) in [6.07, 6.45) is 0.621. The largest absolute Gasteiger partial charge is 0.466 e. The quantitative estimate of drug-likeness (QED) is 0.570. The second-order valence-corrected chi connectivity index (χ2v) is 6.57. The van der Waals surface area contributed by atoms with E-state index in [1.165, 1.54) is 19.1 Å². The summed E-state index contributed by atoms with van der Waals surface area (Å²) in [7, 11) is 0. The standard InChI is InChI=1S/C18H16Cl2N2O3S/c1-11(23)25-9-8-12-2-5-14(6-3-12)21-18(26)22-17(24)15-7-4-13(19)10-16(15)20/h2-7,10H,8-9H2,1H3,(H2,21,22,24,26). The first-order valence-electron chi connectivity index (χ1n) is 7.65. The van der Waals surface area contributed by atoms with Crippen molar-refractivity contribution in [2.24, 2.45) is 0 Å². The van der Waals surface area contributed by atoms with E-state index in [2.05, 4.69) is 10.6 Å². The number of nitrogens with one attached hydrogen (secondary N) is 2. The minimum atomic E-state index is -0.429. The monoisotopic (exact) mass is 410 g/mol. The van der Waals surface area contributed by atoms with E-state index in [0.29, 0.717) is 23.7 Å². The molecular formula is C18H16Cl2N2O3S. The first kappa shape index (κ1) is 20.2. The van der Waals surface area contributed by atoms with Gasteiger partial charge in [0.1, 0.15) is 0 Å². The molecule has 0 atom stereocenters. The van der Waals surface area contributed by atoms with Crippen LogP contribution in [0.5, 0.6) is 0 Å². The summed E-state index contributed by atoms with van der Waals surface area (Å²) in [5.41, 5.74) is 2.01. The van der Waals surface area contributed by atoms with Crippen molar-refractivity contribution in [1.29, 1.82) is 0 Å². The summed E-state index contributed by atoms with van der Waals surface area (Å²) in [5.74, 6) is -0.729. The van der Waals surface area contributed by atoms with Crippen molar-refractivity contribution in [2.75, 3.05) is 11.9 Å². The molecule has 0 radical (unpaired) electrons. The van der Waals surface area contributed by atoms with E-state index in [0.717, 1.165) is 5.56 Å². The Balaban J connectivity index is 1.89. The van der Waals surface area contributed by atoms with Crippen LogP contribution >= 0.6 is 35.4 Å². The van der Waals surface area contributed by atoms with E-state index in [9.17, 15) is 9.59 Å². The van der Waals surface area contributed by atoms with Gasteiger partial charge in [-0.25, -0.2) is 0 Å². The lowest BCUT2D eigenvalue weighted by atomic mass is 10.1. The lowest BCUT2D eigenvalue weighted by Gasteiger charge is -2.11. The Kier molecular flexibility index (Phi) is 7.38. The molecular weight excluding hydrogens is 395 g/mol. The normalized spacial score (nSPS) is 10.1. The zero-order valence-corrected chi connectivity index (χ0v) is 16.2. The van der Waals surface area contributed by atoms with Crippen molar-refractivity contribution in [3.63, 3.8) is 0 Å². The molecule has 0 aliphatic heterocycles. The average Bonchev–Trinajstić information content (AvgIpc) is 2.55. The van der Waals surface area contributed by atoms with Crippen LogP contribution in [0.3, 0.4) is 0 Å². The lowest BCUT2D eigenvalue weighted by Crippen LogP contribution is -2.34. The number of carbonyl (C=O) groups excluding carboxylic acids is 2. The molecule has 1 amide bonds. The molecule has 136 valence electrons. The molecule has 0 bridgehead atoms. The number of carbonyl (C=O) groups is 2. The third-order valence-electron chi connectivity index (χ3n) is 3.31. The van der Waals surface area contributed by atoms with Crippen molar-refractivity contribution >= 4 is 58.1 Å². The maximum absolute atomic E-state index is 12.2. The highest BCUT2D eigenvalue weighted by molar-refractivity contribution is 7.80. The van der Waals surface area contributed by atoms with Gasteiger partial charge in [-0.15, -0.1) is 0 Å². The van der Waals surface area contributed by atoms with Crippen LogP contribution in [0, 0.1) is 0 Å². The van der Waals surface area contributed by atoms with Crippen molar-refractivity contribution < 1.29 is 14.3 Å². The predicted octanol–water partition coefficient (Wildman–Crippen LogP) is 4.23. The number of anilines is 1. The van der Waals surface area contributed by atoms with Gasteiger partial charge < -0.3 is 10.1 Å². The van der Waals surface area contributed by atoms with Crippen molar-refractivity contribution in [3.05, 3.63) is 63.6 Å². The number of ether oxygens (including phenoxy) is 1.